The SMILES string of the molecule is Cc1cc(Cl)nc(Cl)c1NC(=O)c1cc(Cl)ccc1Cl. The predicted molar refractivity (Wildman–Crippen MR) is 83.4 cm³/mol. The van der Waals surface area contributed by atoms with Gasteiger partial charge in [0.2, 0.25) is 0 Å². The van der Waals surface area contributed by atoms with Crippen LogP contribution in [0.4, 0.5) is 5.69 Å². The smallest absolute Gasteiger partial charge is 0.257 e. The fourth-order valence-electron chi connectivity index (χ4n) is 1.60. The van der Waals surface area contributed by atoms with Crippen LogP contribution in [0.15, 0.2) is 24.3 Å². The van der Waals surface area contributed by atoms with Crippen molar-refractivity contribution in [2.45, 2.75) is 6.92 Å². The number of hydrogen-bond acceptors (Lipinski definition) is 2. The van der Waals surface area contributed by atoms with Crippen LogP contribution in [0.2, 0.25) is 20.4 Å². The van der Waals surface area contributed by atoms with E-state index in [4.69, 9.17) is 46.4 Å². The van der Waals surface area contributed by atoms with E-state index in [0.717, 1.165) is 0 Å². The molecule has 0 radical (unpaired) electrons. The number of aromatic nitrogens is 1. The third kappa shape index (κ3) is 3.36. The Hall–Kier alpha value is -1.000. The third-order valence-corrected chi connectivity index (χ3v) is 3.58. The van der Waals surface area contributed by atoms with Crippen LogP contribution in [0.3, 0.4) is 0 Å². The number of anilines is 1. The van der Waals surface area contributed by atoms with Crippen molar-refractivity contribution in [1.29, 1.82) is 0 Å². The summed E-state index contributed by atoms with van der Waals surface area (Å²) in [7, 11) is 0. The number of amides is 1. The van der Waals surface area contributed by atoms with Crippen molar-refractivity contribution in [2.75, 3.05) is 5.32 Å². The molecule has 1 aromatic heterocycles. The maximum absolute atomic E-state index is 12.2. The summed E-state index contributed by atoms with van der Waals surface area (Å²) in [5.74, 6) is -0.424. The third-order valence-electron chi connectivity index (χ3n) is 2.55. The molecule has 0 saturated heterocycles. The van der Waals surface area contributed by atoms with Gasteiger partial charge in [-0.15, -0.1) is 0 Å². The first kappa shape index (κ1) is 15.4. The Labute approximate surface area is 135 Å². The minimum absolute atomic E-state index is 0.113. The summed E-state index contributed by atoms with van der Waals surface area (Å²) in [5.41, 5.74) is 1.34. The Morgan fingerprint density at radius 2 is 1.85 bits per heavy atom. The van der Waals surface area contributed by atoms with Crippen molar-refractivity contribution < 1.29 is 4.79 Å². The van der Waals surface area contributed by atoms with E-state index < -0.39 is 5.91 Å². The maximum atomic E-state index is 12.2. The lowest BCUT2D eigenvalue weighted by molar-refractivity contribution is 0.102. The van der Waals surface area contributed by atoms with Gasteiger partial charge >= 0.3 is 0 Å². The van der Waals surface area contributed by atoms with Gasteiger partial charge < -0.3 is 5.32 Å². The molecular formula is C13H8Cl4N2O. The van der Waals surface area contributed by atoms with Gasteiger partial charge in [-0.05, 0) is 36.8 Å². The molecule has 0 fully saturated rings. The van der Waals surface area contributed by atoms with E-state index in [0.29, 0.717) is 21.3 Å². The van der Waals surface area contributed by atoms with Crippen molar-refractivity contribution >= 4 is 58.0 Å². The first-order valence-electron chi connectivity index (χ1n) is 5.47. The fourth-order valence-corrected chi connectivity index (χ4v) is 2.55. The van der Waals surface area contributed by atoms with Gasteiger partial charge in [-0.25, -0.2) is 4.98 Å². The van der Waals surface area contributed by atoms with Gasteiger partial charge in [-0.3, -0.25) is 4.79 Å². The van der Waals surface area contributed by atoms with E-state index in [2.05, 4.69) is 10.3 Å². The van der Waals surface area contributed by atoms with Gasteiger partial charge in [0.25, 0.3) is 5.91 Å². The largest absolute Gasteiger partial charge is 0.319 e. The second-order valence-corrected chi connectivity index (χ2v) is 5.59. The summed E-state index contributed by atoms with van der Waals surface area (Å²) in [6.45, 7) is 1.76. The van der Waals surface area contributed by atoms with E-state index in [9.17, 15) is 4.79 Å². The minimum atomic E-state index is -0.424. The molecule has 2 aromatic rings. The van der Waals surface area contributed by atoms with Crippen molar-refractivity contribution in [1.82, 2.24) is 4.98 Å². The van der Waals surface area contributed by atoms with Gasteiger partial charge in [-0.1, -0.05) is 46.4 Å². The second kappa shape index (κ2) is 6.19. The second-order valence-electron chi connectivity index (χ2n) is 4.01. The molecule has 0 spiro atoms. The summed E-state index contributed by atoms with van der Waals surface area (Å²) < 4.78 is 0. The zero-order valence-corrected chi connectivity index (χ0v) is 13.2. The number of aryl methyl sites for hydroxylation is 1. The molecule has 0 saturated carbocycles. The summed E-state index contributed by atoms with van der Waals surface area (Å²) >= 11 is 23.6. The van der Waals surface area contributed by atoms with E-state index in [1.165, 1.54) is 6.07 Å². The highest BCUT2D eigenvalue weighted by Gasteiger charge is 2.15. The molecule has 2 rings (SSSR count). The van der Waals surface area contributed by atoms with Crippen LogP contribution in [0.1, 0.15) is 15.9 Å². The molecule has 0 bridgehead atoms. The predicted octanol–water partition coefficient (Wildman–Crippen LogP) is 5.26. The number of halogens is 4. The van der Waals surface area contributed by atoms with Crippen LogP contribution in [-0.4, -0.2) is 10.9 Å². The van der Waals surface area contributed by atoms with Crippen LogP contribution in [0.5, 0.6) is 0 Å². The van der Waals surface area contributed by atoms with Crippen LogP contribution < -0.4 is 5.32 Å². The van der Waals surface area contributed by atoms with Crippen molar-refractivity contribution in [3.63, 3.8) is 0 Å². The summed E-state index contributed by atoms with van der Waals surface area (Å²) in [6.07, 6.45) is 0. The maximum Gasteiger partial charge on any atom is 0.257 e. The molecule has 0 aliphatic heterocycles. The van der Waals surface area contributed by atoms with Crippen LogP contribution in [0, 0.1) is 6.92 Å². The number of carbonyl (C=O) groups excluding carboxylic acids is 1. The van der Waals surface area contributed by atoms with Gasteiger partial charge in [0.1, 0.15) is 5.15 Å². The monoisotopic (exact) mass is 348 g/mol. The molecule has 1 heterocycles. The zero-order chi connectivity index (χ0) is 14.9. The first-order valence-corrected chi connectivity index (χ1v) is 6.98. The normalized spacial score (nSPS) is 10.4. The highest BCUT2D eigenvalue weighted by atomic mass is 35.5. The lowest BCUT2D eigenvalue weighted by Gasteiger charge is -2.11. The molecule has 0 aliphatic carbocycles. The van der Waals surface area contributed by atoms with Crippen molar-refractivity contribution in [3.05, 3.63) is 55.7 Å². The summed E-state index contributed by atoms with van der Waals surface area (Å²) in [6, 6.07) is 6.23. The Morgan fingerprint density at radius 1 is 1.15 bits per heavy atom. The van der Waals surface area contributed by atoms with E-state index in [-0.39, 0.29) is 15.9 Å². The highest BCUT2D eigenvalue weighted by Crippen LogP contribution is 2.28. The highest BCUT2D eigenvalue weighted by molar-refractivity contribution is 6.37. The molecule has 7 heteroatoms. The van der Waals surface area contributed by atoms with E-state index in [1.54, 1.807) is 25.1 Å². The average Bonchev–Trinajstić information content (AvgIpc) is 2.36. The van der Waals surface area contributed by atoms with Gasteiger partial charge in [0.05, 0.1) is 16.3 Å². The summed E-state index contributed by atoms with van der Waals surface area (Å²) in [5, 5.41) is 3.73. The van der Waals surface area contributed by atoms with Crippen molar-refractivity contribution in [3.8, 4) is 0 Å². The Morgan fingerprint density at radius 3 is 2.50 bits per heavy atom. The summed E-state index contributed by atoms with van der Waals surface area (Å²) in [4.78, 5) is 16.1. The first-order chi connectivity index (χ1) is 9.38. The fraction of sp³-hybridized carbons (Fsp3) is 0.0769. The average molecular weight is 350 g/mol. The molecule has 1 N–H and O–H groups in total. The lowest BCUT2D eigenvalue weighted by Crippen LogP contribution is -2.14. The van der Waals surface area contributed by atoms with Gasteiger partial charge in [0.15, 0.2) is 5.15 Å². The molecule has 0 aliphatic rings. The molecule has 1 aromatic carbocycles. The number of hydrogen-bond donors (Lipinski definition) is 1. The molecule has 0 atom stereocenters. The number of nitrogens with one attached hydrogen (secondary N) is 1. The zero-order valence-electron chi connectivity index (χ0n) is 10.2. The number of pyridine rings is 1. The van der Waals surface area contributed by atoms with E-state index >= 15 is 0 Å². The lowest BCUT2D eigenvalue weighted by atomic mass is 10.2. The Kier molecular flexibility index (Phi) is 4.76. The molecule has 3 nitrogen and oxygen atoms in total. The number of nitrogens with zero attached hydrogens (tertiary/aromatic N) is 1. The molecule has 20 heavy (non-hydrogen) atoms. The van der Waals surface area contributed by atoms with Gasteiger partial charge in [0, 0.05) is 5.02 Å². The quantitative estimate of drug-likeness (QED) is 0.751. The Bertz CT molecular complexity index is 665. The van der Waals surface area contributed by atoms with Crippen LogP contribution in [-0.2, 0) is 0 Å². The standard InChI is InChI=1S/C13H8Cl4N2O/c1-6-4-10(16)18-12(17)11(6)19-13(20)8-5-7(14)2-3-9(8)15/h2-5H,1H3,(H,19,20). The van der Waals surface area contributed by atoms with Crippen molar-refractivity contribution in [2.24, 2.45) is 0 Å². The Balaban J connectivity index is 2.35. The molecule has 104 valence electrons. The van der Waals surface area contributed by atoms with Crippen LogP contribution in [0.25, 0.3) is 0 Å². The minimum Gasteiger partial charge on any atom is -0.319 e. The van der Waals surface area contributed by atoms with Crippen LogP contribution >= 0.6 is 46.4 Å². The topological polar surface area (TPSA) is 42.0 Å². The van der Waals surface area contributed by atoms with Gasteiger partial charge in [-0.2, -0.15) is 0 Å². The number of rotatable bonds is 2. The molecule has 1 amide bonds. The molecular weight excluding hydrogens is 342 g/mol. The number of carbonyl (C=O) groups is 1. The number of benzene rings is 1. The van der Waals surface area contributed by atoms with E-state index in [1.807, 2.05) is 0 Å². The molecule has 0 unspecified atom stereocenters.